The second-order valence-electron chi connectivity index (χ2n) is 6.62. The van der Waals surface area contributed by atoms with E-state index in [1.54, 1.807) is 11.8 Å². The summed E-state index contributed by atoms with van der Waals surface area (Å²) in [4.78, 5) is 15.3. The number of rotatable bonds is 7. The van der Waals surface area contributed by atoms with Gasteiger partial charge in [-0.05, 0) is 31.2 Å². The molecule has 1 amide bonds. The summed E-state index contributed by atoms with van der Waals surface area (Å²) in [6.45, 7) is 6.70. The summed E-state index contributed by atoms with van der Waals surface area (Å²) in [5, 5.41) is 0. The van der Waals surface area contributed by atoms with Crippen LogP contribution < -0.4 is 5.73 Å². The second kappa shape index (κ2) is 11.4. The van der Waals surface area contributed by atoms with Gasteiger partial charge in [-0.1, -0.05) is 20.8 Å². The van der Waals surface area contributed by atoms with E-state index in [9.17, 15) is 18.0 Å². The van der Waals surface area contributed by atoms with Crippen molar-refractivity contribution in [2.45, 2.75) is 45.8 Å². The molecular weight excluding hydrogens is 366 g/mol. The Balaban J connectivity index is 0. The average Bonchev–Trinajstić information content (AvgIpc) is 2.83. The van der Waals surface area contributed by atoms with Gasteiger partial charge in [-0.25, -0.2) is 0 Å². The van der Waals surface area contributed by atoms with E-state index in [0.717, 1.165) is 6.42 Å². The number of likely N-dealkylation sites (tertiary alicyclic amines) is 1. The van der Waals surface area contributed by atoms with Gasteiger partial charge >= 0.3 is 6.18 Å². The predicted molar refractivity (Wildman–Crippen MR) is 94.8 cm³/mol. The van der Waals surface area contributed by atoms with E-state index in [1.165, 1.54) is 4.90 Å². The molecular formula is C15H30Cl2F3N3O. The molecule has 146 valence electrons. The van der Waals surface area contributed by atoms with Crippen molar-refractivity contribution in [2.24, 2.45) is 17.6 Å². The third kappa shape index (κ3) is 9.30. The molecule has 0 aromatic heterocycles. The lowest BCUT2D eigenvalue weighted by Gasteiger charge is -2.26. The number of halogens is 5. The van der Waals surface area contributed by atoms with E-state index in [0.29, 0.717) is 38.5 Å². The van der Waals surface area contributed by atoms with Gasteiger partial charge in [-0.15, -0.1) is 24.8 Å². The van der Waals surface area contributed by atoms with Gasteiger partial charge in [0.2, 0.25) is 5.91 Å². The first kappa shape index (κ1) is 26.0. The Bertz CT molecular complexity index is 370. The molecule has 9 heteroatoms. The molecule has 1 unspecified atom stereocenters. The van der Waals surface area contributed by atoms with Crippen molar-refractivity contribution in [1.82, 2.24) is 9.80 Å². The molecule has 0 aromatic rings. The Morgan fingerprint density at radius 1 is 1.33 bits per heavy atom. The van der Waals surface area contributed by atoms with Crippen LogP contribution in [-0.4, -0.2) is 60.6 Å². The molecule has 0 aliphatic carbocycles. The highest BCUT2D eigenvalue weighted by Gasteiger charge is 2.34. The summed E-state index contributed by atoms with van der Waals surface area (Å²) in [6.07, 6.45) is -2.80. The van der Waals surface area contributed by atoms with Gasteiger partial charge in [0.1, 0.15) is 0 Å². The maximum atomic E-state index is 12.5. The van der Waals surface area contributed by atoms with E-state index in [1.807, 2.05) is 13.8 Å². The molecule has 0 radical (unpaired) electrons. The minimum Gasteiger partial charge on any atom is -0.341 e. The molecule has 1 heterocycles. The molecule has 1 rings (SSSR count). The third-order valence-electron chi connectivity index (χ3n) is 4.01. The number of carbonyl (C=O) groups excluding carboxylic acids is 1. The minimum atomic E-state index is -4.18. The molecule has 0 spiro atoms. The van der Waals surface area contributed by atoms with Gasteiger partial charge in [-0.3, -0.25) is 9.69 Å². The fourth-order valence-electron chi connectivity index (χ4n) is 2.95. The highest BCUT2D eigenvalue weighted by Crippen LogP contribution is 2.22. The summed E-state index contributed by atoms with van der Waals surface area (Å²) >= 11 is 0. The van der Waals surface area contributed by atoms with Crippen molar-refractivity contribution in [3.63, 3.8) is 0 Å². The van der Waals surface area contributed by atoms with E-state index < -0.39 is 18.8 Å². The van der Waals surface area contributed by atoms with Gasteiger partial charge in [-0.2, -0.15) is 13.2 Å². The smallest absolute Gasteiger partial charge is 0.341 e. The lowest BCUT2D eigenvalue weighted by Crippen LogP contribution is -2.44. The van der Waals surface area contributed by atoms with E-state index in [4.69, 9.17) is 5.73 Å². The molecule has 1 saturated heterocycles. The van der Waals surface area contributed by atoms with Crippen molar-refractivity contribution in [3.05, 3.63) is 0 Å². The van der Waals surface area contributed by atoms with Crippen LogP contribution in [0.25, 0.3) is 0 Å². The minimum absolute atomic E-state index is 0. The summed E-state index contributed by atoms with van der Waals surface area (Å²) < 4.78 is 37.4. The Morgan fingerprint density at radius 3 is 2.38 bits per heavy atom. The Labute approximate surface area is 155 Å². The second-order valence-corrected chi connectivity index (χ2v) is 6.62. The van der Waals surface area contributed by atoms with Crippen molar-refractivity contribution in [1.29, 1.82) is 0 Å². The molecule has 24 heavy (non-hydrogen) atoms. The number of nitrogens with two attached hydrogens (primary N) is 1. The molecule has 0 aromatic carbocycles. The number of hydrogen-bond acceptors (Lipinski definition) is 3. The molecule has 1 aliphatic rings. The fourth-order valence-corrected chi connectivity index (χ4v) is 2.95. The first-order valence-corrected chi connectivity index (χ1v) is 7.95. The third-order valence-corrected chi connectivity index (χ3v) is 4.01. The summed E-state index contributed by atoms with van der Waals surface area (Å²) in [6, 6.07) is -0.504. The maximum Gasteiger partial charge on any atom is 0.401 e. The van der Waals surface area contributed by atoms with Crippen LogP contribution in [0.5, 0.6) is 0 Å². The van der Waals surface area contributed by atoms with E-state index >= 15 is 0 Å². The van der Waals surface area contributed by atoms with Crippen molar-refractivity contribution >= 4 is 30.7 Å². The molecule has 4 nitrogen and oxygen atoms in total. The van der Waals surface area contributed by atoms with Crippen LogP contribution in [0, 0.1) is 11.8 Å². The largest absolute Gasteiger partial charge is 0.401 e. The zero-order valence-corrected chi connectivity index (χ0v) is 16.1. The molecule has 0 bridgehead atoms. The highest BCUT2D eigenvalue weighted by atomic mass is 35.5. The van der Waals surface area contributed by atoms with Gasteiger partial charge in [0.15, 0.2) is 0 Å². The topological polar surface area (TPSA) is 49.6 Å². The fraction of sp³-hybridized carbons (Fsp3) is 0.933. The average molecular weight is 396 g/mol. The first-order valence-electron chi connectivity index (χ1n) is 7.95. The van der Waals surface area contributed by atoms with Gasteiger partial charge < -0.3 is 10.6 Å². The van der Waals surface area contributed by atoms with Crippen molar-refractivity contribution < 1.29 is 18.0 Å². The molecule has 2 N–H and O–H groups in total. The summed E-state index contributed by atoms with van der Waals surface area (Å²) in [7, 11) is 0. The Morgan fingerprint density at radius 2 is 1.92 bits per heavy atom. The van der Waals surface area contributed by atoms with Crippen LogP contribution in [0.15, 0.2) is 0 Å². The number of hydrogen-bond donors (Lipinski definition) is 1. The van der Waals surface area contributed by atoms with Crippen LogP contribution in [0.1, 0.15) is 33.6 Å². The van der Waals surface area contributed by atoms with Crippen molar-refractivity contribution in [2.75, 3.05) is 32.7 Å². The lowest BCUT2D eigenvalue weighted by molar-refractivity contribution is -0.146. The number of nitrogens with zero attached hydrogens (tertiary/aromatic N) is 2. The number of alkyl halides is 3. The standard InChI is InChI=1S/C15H28F3N3O.2ClH/c1-4-20(10-15(16,17)18)8-12-5-6-21(9-12)14(22)13(19)7-11(2)3;;/h11-13H,4-10,19H2,1-3H3;2*1H/t12?,13-;;/m0../s1. The zero-order chi connectivity index (χ0) is 16.9. The number of amides is 1. The number of carbonyl (C=O) groups is 1. The van der Waals surface area contributed by atoms with Crippen LogP contribution >= 0.6 is 24.8 Å². The highest BCUT2D eigenvalue weighted by molar-refractivity contribution is 5.85. The molecule has 2 atom stereocenters. The van der Waals surface area contributed by atoms with Gasteiger partial charge in [0.25, 0.3) is 0 Å². The maximum absolute atomic E-state index is 12.5. The normalized spacial score (nSPS) is 19.2. The Hall–Kier alpha value is -0.240. The molecule has 1 fully saturated rings. The first-order chi connectivity index (χ1) is 10.1. The van der Waals surface area contributed by atoms with Crippen LogP contribution in [0.3, 0.4) is 0 Å². The SMILES string of the molecule is CCN(CC1CCN(C(=O)[C@@H](N)CC(C)C)C1)CC(F)(F)F.Cl.Cl. The van der Waals surface area contributed by atoms with Crippen molar-refractivity contribution in [3.8, 4) is 0 Å². The lowest BCUT2D eigenvalue weighted by atomic mass is 10.0. The molecule has 1 aliphatic heterocycles. The van der Waals surface area contributed by atoms with Gasteiger partial charge in [0, 0.05) is 19.6 Å². The zero-order valence-electron chi connectivity index (χ0n) is 14.5. The summed E-state index contributed by atoms with van der Waals surface area (Å²) in [5.74, 6) is 0.368. The predicted octanol–water partition coefficient (Wildman–Crippen LogP) is 2.94. The van der Waals surface area contributed by atoms with Gasteiger partial charge in [0.05, 0.1) is 12.6 Å². The monoisotopic (exact) mass is 395 g/mol. The van der Waals surface area contributed by atoms with Crippen LogP contribution in [-0.2, 0) is 4.79 Å². The van der Waals surface area contributed by atoms with E-state index in [2.05, 4.69) is 0 Å². The summed E-state index contributed by atoms with van der Waals surface area (Å²) in [5.41, 5.74) is 5.90. The van der Waals surface area contributed by atoms with E-state index in [-0.39, 0.29) is 36.6 Å². The molecule has 0 saturated carbocycles. The Kier molecular flexibility index (Phi) is 12.3. The van der Waals surface area contributed by atoms with Crippen LogP contribution in [0.2, 0.25) is 0 Å². The quantitative estimate of drug-likeness (QED) is 0.720. The van der Waals surface area contributed by atoms with Crippen LogP contribution in [0.4, 0.5) is 13.2 Å².